The van der Waals surface area contributed by atoms with E-state index in [0.717, 1.165) is 31.1 Å². The van der Waals surface area contributed by atoms with Gasteiger partial charge in [-0.25, -0.2) is 0 Å². The first kappa shape index (κ1) is 13.7. The number of para-hydroxylation sites is 2. The lowest BCUT2D eigenvalue weighted by Gasteiger charge is -2.34. The highest BCUT2D eigenvalue weighted by Gasteiger charge is 2.22. The number of piperazine rings is 1. The largest absolute Gasteiger partial charge is 0.495 e. The lowest BCUT2D eigenvalue weighted by Crippen LogP contribution is -2.53. The number of hydrogen-bond acceptors (Lipinski definition) is 4. The third-order valence-corrected chi connectivity index (χ3v) is 3.36. The van der Waals surface area contributed by atoms with E-state index in [1.807, 2.05) is 29.2 Å². The molecule has 1 saturated heterocycles. The van der Waals surface area contributed by atoms with Crippen LogP contribution in [0.3, 0.4) is 0 Å². The summed E-state index contributed by atoms with van der Waals surface area (Å²) in [5, 5.41) is 6.42. The van der Waals surface area contributed by atoms with Crippen LogP contribution in [0.4, 0.5) is 5.69 Å². The Balaban J connectivity index is 1.92. The van der Waals surface area contributed by atoms with Crippen LogP contribution in [0.15, 0.2) is 24.3 Å². The van der Waals surface area contributed by atoms with Crippen molar-refractivity contribution < 1.29 is 9.53 Å². The fraction of sp³-hybridized carbons (Fsp3) is 0.500. The van der Waals surface area contributed by atoms with Gasteiger partial charge in [0.25, 0.3) is 0 Å². The Hall–Kier alpha value is -1.75. The highest BCUT2D eigenvalue weighted by atomic mass is 16.5. The summed E-state index contributed by atoms with van der Waals surface area (Å²) in [4.78, 5) is 14.1. The van der Waals surface area contributed by atoms with Crippen molar-refractivity contribution >= 4 is 11.6 Å². The van der Waals surface area contributed by atoms with Crippen LogP contribution in [-0.2, 0) is 4.79 Å². The molecule has 0 aliphatic carbocycles. The Morgan fingerprint density at radius 3 is 3.05 bits per heavy atom. The zero-order valence-corrected chi connectivity index (χ0v) is 11.5. The third-order valence-electron chi connectivity index (χ3n) is 3.36. The second-order valence-corrected chi connectivity index (χ2v) is 4.69. The molecule has 1 amide bonds. The molecule has 1 unspecified atom stereocenters. The summed E-state index contributed by atoms with van der Waals surface area (Å²) in [5.41, 5.74) is 0.848. The molecule has 1 aromatic carbocycles. The summed E-state index contributed by atoms with van der Waals surface area (Å²) < 4.78 is 5.25. The van der Waals surface area contributed by atoms with Crippen LogP contribution in [0.1, 0.15) is 6.92 Å². The fourth-order valence-electron chi connectivity index (χ4n) is 2.27. The number of nitrogens with zero attached hydrogens (tertiary/aromatic N) is 1. The smallest absolute Gasteiger partial charge is 0.242 e. The summed E-state index contributed by atoms with van der Waals surface area (Å²) in [6.07, 6.45) is 0. The van der Waals surface area contributed by atoms with Gasteiger partial charge in [0, 0.05) is 25.7 Å². The van der Waals surface area contributed by atoms with Crippen molar-refractivity contribution in [3.8, 4) is 5.75 Å². The molecule has 1 aliphatic rings. The number of carbonyl (C=O) groups is 1. The second-order valence-electron chi connectivity index (χ2n) is 4.69. The number of benzene rings is 1. The predicted molar refractivity (Wildman–Crippen MR) is 75.5 cm³/mol. The minimum Gasteiger partial charge on any atom is -0.495 e. The van der Waals surface area contributed by atoms with Crippen molar-refractivity contribution in [3.05, 3.63) is 24.3 Å². The molecule has 1 heterocycles. The van der Waals surface area contributed by atoms with Gasteiger partial charge in [-0.05, 0) is 19.1 Å². The zero-order valence-electron chi connectivity index (χ0n) is 11.5. The van der Waals surface area contributed by atoms with Crippen molar-refractivity contribution in [2.45, 2.75) is 13.0 Å². The van der Waals surface area contributed by atoms with E-state index in [9.17, 15) is 4.79 Å². The fourth-order valence-corrected chi connectivity index (χ4v) is 2.27. The zero-order chi connectivity index (χ0) is 13.7. The highest BCUT2D eigenvalue weighted by Crippen LogP contribution is 2.22. The van der Waals surface area contributed by atoms with E-state index in [0.29, 0.717) is 6.54 Å². The van der Waals surface area contributed by atoms with Gasteiger partial charge in [0.15, 0.2) is 0 Å². The molecule has 0 radical (unpaired) electrons. The van der Waals surface area contributed by atoms with Crippen LogP contribution in [-0.4, -0.2) is 50.1 Å². The third kappa shape index (κ3) is 3.38. The quantitative estimate of drug-likeness (QED) is 0.848. The van der Waals surface area contributed by atoms with E-state index in [2.05, 4.69) is 17.6 Å². The van der Waals surface area contributed by atoms with E-state index in [1.54, 1.807) is 7.11 Å². The minimum atomic E-state index is 0.125. The number of carbonyl (C=O) groups excluding carboxylic acids is 1. The Morgan fingerprint density at radius 1 is 1.53 bits per heavy atom. The first-order valence-corrected chi connectivity index (χ1v) is 6.59. The van der Waals surface area contributed by atoms with Gasteiger partial charge in [-0.2, -0.15) is 0 Å². The molecule has 0 spiro atoms. The molecule has 0 bridgehead atoms. The lowest BCUT2D eigenvalue weighted by atomic mass is 10.2. The SMILES string of the molecule is COc1ccccc1NCC(=O)N1CCNCC1C. The Kier molecular flexibility index (Phi) is 4.63. The molecule has 19 heavy (non-hydrogen) atoms. The molecular weight excluding hydrogens is 242 g/mol. The Bertz CT molecular complexity index is 436. The van der Waals surface area contributed by atoms with Gasteiger partial charge in [-0.3, -0.25) is 4.79 Å². The number of rotatable bonds is 4. The van der Waals surface area contributed by atoms with Crippen LogP contribution in [0.25, 0.3) is 0 Å². The van der Waals surface area contributed by atoms with Crippen molar-refractivity contribution in [1.82, 2.24) is 10.2 Å². The van der Waals surface area contributed by atoms with Gasteiger partial charge in [0.2, 0.25) is 5.91 Å². The molecule has 1 atom stereocenters. The second kappa shape index (κ2) is 6.43. The first-order valence-electron chi connectivity index (χ1n) is 6.59. The van der Waals surface area contributed by atoms with E-state index < -0.39 is 0 Å². The molecule has 5 nitrogen and oxygen atoms in total. The standard InChI is InChI=1S/C14H21N3O2/c1-11-9-15-7-8-17(11)14(18)10-16-12-5-3-4-6-13(12)19-2/h3-6,11,15-16H,7-10H2,1-2H3. The van der Waals surface area contributed by atoms with E-state index in [4.69, 9.17) is 4.74 Å². The molecule has 1 fully saturated rings. The number of amides is 1. The highest BCUT2D eigenvalue weighted by molar-refractivity contribution is 5.81. The Labute approximate surface area is 113 Å². The van der Waals surface area contributed by atoms with Crippen molar-refractivity contribution in [2.24, 2.45) is 0 Å². The van der Waals surface area contributed by atoms with Crippen LogP contribution in [0.5, 0.6) is 5.75 Å². The van der Waals surface area contributed by atoms with Crippen molar-refractivity contribution in [1.29, 1.82) is 0 Å². The molecule has 0 saturated carbocycles. The molecule has 2 rings (SSSR count). The maximum absolute atomic E-state index is 12.2. The van der Waals surface area contributed by atoms with Gasteiger partial charge in [0.05, 0.1) is 19.3 Å². The van der Waals surface area contributed by atoms with Gasteiger partial charge in [-0.15, -0.1) is 0 Å². The number of methoxy groups -OCH3 is 1. The number of ether oxygens (including phenoxy) is 1. The van der Waals surface area contributed by atoms with Crippen LogP contribution in [0.2, 0.25) is 0 Å². The van der Waals surface area contributed by atoms with Crippen LogP contribution >= 0.6 is 0 Å². The lowest BCUT2D eigenvalue weighted by molar-refractivity contribution is -0.132. The Morgan fingerprint density at radius 2 is 2.32 bits per heavy atom. The van der Waals surface area contributed by atoms with E-state index in [-0.39, 0.29) is 11.9 Å². The summed E-state index contributed by atoms with van der Waals surface area (Å²) >= 11 is 0. The maximum atomic E-state index is 12.2. The van der Waals surface area contributed by atoms with Crippen molar-refractivity contribution in [2.75, 3.05) is 38.6 Å². The number of anilines is 1. The molecule has 0 aromatic heterocycles. The molecule has 5 heteroatoms. The molecule has 104 valence electrons. The number of hydrogen-bond donors (Lipinski definition) is 2. The normalized spacial score (nSPS) is 19.1. The summed E-state index contributed by atoms with van der Waals surface area (Å²) in [6.45, 7) is 4.86. The van der Waals surface area contributed by atoms with Gasteiger partial charge in [-0.1, -0.05) is 12.1 Å². The predicted octanol–water partition coefficient (Wildman–Crippen LogP) is 0.927. The monoisotopic (exact) mass is 263 g/mol. The average Bonchev–Trinajstić information content (AvgIpc) is 2.45. The van der Waals surface area contributed by atoms with E-state index in [1.165, 1.54) is 0 Å². The molecular formula is C14H21N3O2. The van der Waals surface area contributed by atoms with Crippen LogP contribution < -0.4 is 15.4 Å². The minimum absolute atomic E-state index is 0.125. The maximum Gasteiger partial charge on any atom is 0.242 e. The average molecular weight is 263 g/mol. The van der Waals surface area contributed by atoms with E-state index >= 15 is 0 Å². The van der Waals surface area contributed by atoms with Gasteiger partial charge >= 0.3 is 0 Å². The van der Waals surface area contributed by atoms with Gasteiger partial charge in [0.1, 0.15) is 5.75 Å². The number of nitrogens with one attached hydrogen (secondary N) is 2. The molecule has 2 N–H and O–H groups in total. The molecule has 1 aliphatic heterocycles. The van der Waals surface area contributed by atoms with Crippen molar-refractivity contribution in [3.63, 3.8) is 0 Å². The summed E-state index contributed by atoms with van der Waals surface area (Å²) in [7, 11) is 1.63. The summed E-state index contributed by atoms with van der Waals surface area (Å²) in [6, 6.07) is 7.86. The van der Waals surface area contributed by atoms with Crippen LogP contribution in [0, 0.1) is 0 Å². The summed E-state index contributed by atoms with van der Waals surface area (Å²) in [5.74, 6) is 0.878. The molecule has 1 aromatic rings. The van der Waals surface area contributed by atoms with Gasteiger partial charge < -0.3 is 20.3 Å². The topological polar surface area (TPSA) is 53.6 Å². The first-order chi connectivity index (χ1) is 9.22.